The fraction of sp³-hybridized carbons (Fsp3) is 0.241. The van der Waals surface area contributed by atoms with Gasteiger partial charge in [-0.3, -0.25) is 9.69 Å². The van der Waals surface area contributed by atoms with E-state index in [-0.39, 0.29) is 24.2 Å². The topological polar surface area (TPSA) is 50.6 Å². The Bertz CT molecular complexity index is 1450. The number of imidazole rings is 1. The molecular weight excluding hydrogens is 493 g/mol. The van der Waals surface area contributed by atoms with Crippen LogP contribution in [0.4, 0.5) is 18.9 Å². The number of anilines is 1. The van der Waals surface area contributed by atoms with E-state index in [1.807, 2.05) is 35.9 Å². The maximum Gasteiger partial charge on any atom is 0.573 e. The minimum Gasteiger partial charge on any atom is -0.406 e. The Morgan fingerprint density at radius 3 is 2.47 bits per heavy atom. The molecule has 0 spiro atoms. The number of rotatable bonds is 6. The number of aryl methyl sites for hydroxylation is 2. The highest BCUT2D eigenvalue weighted by molar-refractivity contribution is 5.95. The molecule has 0 N–H and O–H groups in total. The average molecular weight is 521 g/mol. The van der Waals surface area contributed by atoms with Gasteiger partial charge in [0.25, 0.3) is 0 Å². The molecule has 0 saturated carbocycles. The van der Waals surface area contributed by atoms with Crippen molar-refractivity contribution < 1.29 is 22.7 Å². The minimum absolute atomic E-state index is 0.0921. The molecule has 38 heavy (non-hydrogen) atoms. The number of benzene rings is 3. The van der Waals surface area contributed by atoms with E-state index in [4.69, 9.17) is 0 Å². The first-order chi connectivity index (χ1) is 18.2. The third-order valence-electron chi connectivity index (χ3n) is 6.77. The highest BCUT2D eigenvalue weighted by Crippen LogP contribution is 2.34. The summed E-state index contributed by atoms with van der Waals surface area (Å²) in [5.41, 5.74) is 5.72. The number of nitrogens with zero attached hydrogens (tertiary/aromatic N) is 4. The molecule has 3 aromatic carbocycles. The fourth-order valence-corrected chi connectivity index (χ4v) is 5.01. The van der Waals surface area contributed by atoms with Crippen molar-refractivity contribution in [3.8, 4) is 16.9 Å². The largest absolute Gasteiger partial charge is 0.573 e. The van der Waals surface area contributed by atoms with Crippen LogP contribution in [-0.2, 0) is 11.8 Å². The van der Waals surface area contributed by atoms with Crippen LogP contribution < -0.4 is 9.64 Å². The van der Waals surface area contributed by atoms with Gasteiger partial charge in [0.2, 0.25) is 5.91 Å². The van der Waals surface area contributed by atoms with Gasteiger partial charge < -0.3 is 14.2 Å². The van der Waals surface area contributed by atoms with Crippen molar-refractivity contribution in [1.82, 2.24) is 14.5 Å². The fourth-order valence-electron chi connectivity index (χ4n) is 5.01. The molecule has 1 aromatic heterocycles. The van der Waals surface area contributed by atoms with Crippen LogP contribution >= 0.6 is 0 Å². The molecule has 0 aliphatic carbocycles. The molecule has 6 nitrogen and oxygen atoms in total. The van der Waals surface area contributed by atoms with E-state index in [1.54, 1.807) is 18.6 Å². The van der Waals surface area contributed by atoms with Gasteiger partial charge in [0.05, 0.1) is 30.8 Å². The summed E-state index contributed by atoms with van der Waals surface area (Å²) >= 11 is 0. The van der Waals surface area contributed by atoms with Crippen LogP contribution in [0.3, 0.4) is 0 Å². The number of halogens is 3. The quantitative estimate of drug-likeness (QED) is 0.326. The lowest BCUT2D eigenvalue weighted by atomic mass is 9.94. The van der Waals surface area contributed by atoms with Gasteiger partial charge in [0, 0.05) is 31.9 Å². The molecule has 0 bridgehead atoms. The summed E-state index contributed by atoms with van der Waals surface area (Å²) in [5.74, 6) is -0.561. The standard InChI is InChI=1S/C29H27F3N4O2/c1-20-7-3-4-12-25(20)21-8-5-9-22(15-21)28(26-17-33-19-34(26)2)35-13-14-36(27(37)18-35)23-10-6-11-24(16-23)38-29(30,31)32/h3-12,15-17,19,28H,13-14,18H2,1-2H3. The molecule has 1 unspecified atom stereocenters. The van der Waals surface area contributed by atoms with Crippen LogP contribution in [0.15, 0.2) is 85.3 Å². The van der Waals surface area contributed by atoms with Crippen LogP contribution in [0.5, 0.6) is 5.75 Å². The Labute approximate surface area is 218 Å². The number of amides is 1. The lowest BCUT2D eigenvalue weighted by molar-refractivity contribution is -0.274. The van der Waals surface area contributed by atoms with Gasteiger partial charge in [-0.05, 0) is 47.4 Å². The molecule has 1 aliphatic rings. The molecule has 196 valence electrons. The van der Waals surface area contributed by atoms with Gasteiger partial charge >= 0.3 is 6.36 Å². The Balaban J connectivity index is 1.44. The van der Waals surface area contributed by atoms with Crippen LogP contribution in [0.1, 0.15) is 22.9 Å². The number of alkyl halides is 3. The van der Waals surface area contributed by atoms with Gasteiger partial charge in [-0.25, -0.2) is 4.98 Å². The Morgan fingerprint density at radius 2 is 1.76 bits per heavy atom. The number of hydrogen-bond donors (Lipinski definition) is 0. The molecule has 9 heteroatoms. The number of hydrogen-bond acceptors (Lipinski definition) is 4. The molecule has 1 saturated heterocycles. The molecular formula is C29H27F3N4O2. The number of carbonyl (C=O) groups is 1. The summed E-state index contributed by atoms with van der Waals surface area (Å²) in [7, 11) is 1.92. The summed E-state index contributed by atoms with van der Waals surface area (Å²) in [6, 6.07) is 21.8. The first-order valence-electron chi connectivity index (χ1n) is 12.2. The van der Waals surface area contributed by atoms with Crippen LogP contribution in [0, 0.1) is 6.92 Å². The highest BCUT2D eigenvalue weighted by atomic mass is 19.4. The molecule has 0 radical (unpaired) electrons. The lowest BCUT2D eigenvalue weighted by Crippen LogP contribution is -2.51. The van der Waals surface area contributed by atoms with Crippen LogP contribution in [0.25, 0.3) is 11.1 Å². The third-order valence-corrected chi connectivity index (χ3v) is 6.77. The summed E-state index contributed by atoms with van der Waals surface area (Å²) in [6.07, 6.45) is -1.26. The van der Waals surface area contributed by atoms with E-state index in [9.17, 15) is 18.0 Å². The van der Waals surface area contributed by atoms with Gasteiger partial charge in [0.1, 0.15) is 5.75 Å². The molecule has 1 fully saturated rings. The van der Waals surface area contributed by atoms with E-state index in [0.717, 1.165) is 22.4 Å². The van der Waals surface area contributed by atoms with Gasteiger partial charge in [0.15, 0.2) is 0 Å². The van der Waals surface area contributed by atoms with E-state index >= 15 is 0 Å². The van der Waals surface area contributed by atoms with E-state index < -0.39 is 6.36 Å². The molecule has 2 heterocycles. The molecule has 4 aromatic rings. The Hall–Kier alpha value is -4.11. The van der Waals surface area contributed by atoms with Crippen molar-refractivity contribution in [2.45, 2.75) is 19.3 Å². The predicted molar refractivity (Wildman–Crippen MR) is 139 cm³/mol. The second-order valence-electron chi connectivity index (χ2n) is 9.33. The van der Waals surface area contributed by atoms with Crippen molar-refractivity contribution in [3.05, 3.63) is 102 Å². The number of carbonyl (C=O) groups excluding carboxylic acids is 1. The zero-order chi connectivity index (χ0) is 26.9. The van der Waals surface area contributed by atoms with Gasteiger partial charge in [-0.15, -0.1) is 13.2 Å². The molecule has 1 atom stereocenters. The molecule has 1 amide bonds. The summed E-state index contributed by atoms with van der Waals surface area (Å²) in [5, 5.41) is 0. The smallest absolute Gasteiger partial charge is 0.406 e. The highest BCUT2D eigenvalue weighted by Gasteiger charge is 2.34. The van der Waals surface area contributed by atoms with Crippen molar-refractivity contribution in [1.29, 1.82) is 0 Å². The van der Waals surface area contributed by atoms with Crippen molar-refractivity contribution in [3.63, 3.8) is 0 Å². The normalized spacial score (nSPS) is 15.5. The van der Waals surface area contributed by atoms with Gasteiger partial charge in [-0.1, -0.05) is 48.5 Å². The molecule has 5 rings (SSSR count). The zero-order valence-corrected chi connectivity index (χ0v) is 21.0. The second-order valence-corrected chi connectivity index (χ2v) is 9.33. The monoisotopic (exact) mass is 520 g/mol. The third kappa shape index (κ3) is 5.43. The van der Waals surface area contributed by atoms with Crippen LogP contribution in [0.2, 0.25) is 0 Å². The molecule has 1 aliphatic heterocycles. The average Bonchev–Trinajstić information content (AvgIpc) is 3.29. The van der Waals surface area contributed by atoms with E-state index in [2.05, 4.69) is 45.8 Å². The number of ether oxygens (including phenoxy) is 1. The minimum atomic E-state index is -4.80. The Morgan fingerprint density at radius 1 is 0.974 bits per heavy atom. The SMILES string of the molecule is Cc1ccccc1-c1cccc(C(c2cncn2C)N2CCN(c3cccc(OC(F)(F)F)c3)C(=O)C2)c1. The summed E-state index contributed by atoms with van der Waals surface area (Å²) in [4.78, 5) is 21.2. The van der Waals surface area contributed by atoms with Crippen molar-refractivity contribution in [2.75, 3.05) is 24.5 Å². The van der Waals surface area contributed by atoms with Crippen LogP contribution in [-0.4, -0.2) is 46.4 Å². The lowest BCUT2D eigenvalue weighted by Gasteiger charge is -2.39. The summed E-state index contributed by atoms with van der Waals surface area (Å²) in [6.45, 7) is 3.00. The number of aromatic nitrogens is 2. The Kier molecular flexibility index (Phi) is 6.94. The van der Waals surface area contributed by atoms with Gasteiger partial charge in [-0.2, -0.15) is 0 Å². The second kappa shape index (κ2) is 10.3. The predicted octanol–water partition coefficient (Wildman–Crippen LogP) is 5.73. The van der Waals surface area contributed by atoms with E-state index in [0.29, 0.717) is 18.8 Å². The first-order valence-corrected chi connectivity index (χ1v) is 12.2. The van der Waals surface area contributed by atoms with Crippen molar-refractivity contribution >= 4 is 11.6 Å². The maximum atomic E-state index is 13.3. The first kappa shape index (κ1) is 25.5. The van der Waals surface area contributed by atoms with E-state index in [1.165, 1.54) is 28.7 Å². The maximum absolute atomic E-state index is 13.3. The van der Waals surface area contributed by atoms with Crippen molar-refractivity contribution in [2.24, 2.45) is 7.05 Å². The number of piperazine rings is 1. The summed E-state index contributed by atoms with van der Waals surface area (Å²) < 4.78 is 44.1. The zero-order valence-electron chi connectivity index (χ0n) is 21.0.